The highest BCUT2D eigenvalue weighted by Crippen LogP contribution is 2.17. The maximum atomic E-state index is 12.8. The van der Waals surface area contributed by atoms with Crippen LogP contribution in [0.3, 0.4) is 0 Å². The summed E-state index contributed by atoms with van der Waals surface area (Å²) in [6, 6.07) is 0. The van der Waals surface area contributed by atoms with E-state index in [1.54, 1.807) is 0 Å². The highest BCUT2D eigenvalue weighted by atomic mass is 16.6. The Bertz CT molecular complexity index is 1020. The van der Waals surface area contributed by atoms with E-state index in [0.717, 1.165) is 57.8 Å². The normalized spacial score (nSPS) is 12.0. The van der Waals surface area contributed by atoms with Crippen molar-refractivity contribution in [2.75, 3.05) is 13.2 Å². The number of carbonyl (C=O) groups excluding carboxylic acids is 3. The molecule has 0 aromatic heterocycles. The minimum absolute atomic E-state index is 0.0648. The van der Waals surface area contributed by atoms with Crippen LogP contribution in [0.4, 0.5) is 0 Å². The predicted molar refractivity (Wildman–Crippen MR) is 284 cm³/mol. The lowest BCUT2D eigenvalue weighted by atomic mass is 10.0. The number of hydrogen-bond donors (Lipinski definition) is 0. The van der Waals surface area contributed by atoms with Crippen molar-refractivity contribution in [2.45, 2.75) is 341 Å². The van der Waals surface area contributed by atoms with E-state index in [1.165, 1.54) is 238 Å². The van der Waals surface area contributed by atoms with Crippen LogP contribution in [-0.4, -0.2) is 37.2 Å². The molecule has 0 fully saturated rings. The van der Waals surface area contributed by atoms with Gasteiger partial charge in [0, 0.05) is 19.3 Å². The molecule has 66 heavy (non-hydrogen) atoms. The average Bonchev–Trinajstić information content (AvgIpc) is 3.31. The van der Waals surface area contributed by atoms with Crippen molar-refractivity contribution in [1.82, 2.24) is 0 Å². The third-order valence-electron chi connectivity index (χ3n) is 13.5. The summed E-state index contributed by atoms with van der Waals surface area (Å²) < 4.78 is 16.8. The summed E-state index contributed by atoms with van der Waals surface area (Å²) in [7, 11) is 0. The molecule has 0 aliphatic carbocycles. The lowest BCUT2D eigenvalue weighted by Crippen LogP contribution is -2.30. The summed E-state index contributed by atoms with van der Waals surface area (Å²) in [5.41, 5.74) is 0. The number of allylic oxidation sites excluding steroid dienone is 2. The van der Waals surface area contributed by atoms with Crippen molar-refractivity contribution in [2.24, 2.45) is 0 Å². The molecule has 6 nitrogen and oxygen atoms in total. The smallest absolute Gasteiger partial charge is 0.306 e. The number of rotatable bonds is 55. The Kier molecular flexibility index (Phi) is 54.2. The molecule has 0 heterocycles. The van der Waals surface area contributed by atoms with Gasteiger partial charge in [0.1, 0.15) is 13.2 Å². The maximum Gasteiger partial charge on any atom is 0.306 e. The van der Waals surface area contributed by atoms with Crippen LogP contribution in [0, 0.1) is 0 Å². The Labute approximate surface area is 411 Å². The van der Waals surface area contributed by atoms with Crippen LogP contribution in [0.25, 0.3) is 0 Å². The van der Waals surface area contributed by atoms with E-state index in [1.807, 2.05) is 0 Å². The molecule has 0 amide bonds. The van der Waals surface area contributed by atoms with E-state index in [4.69, 9.17) is 14.2 Å². The number of esters is 3. The van der Waals surface area contributed by atoms with Crippen molar-refractivity contribution in [3.8, 4) is 0 Å². The number of hydrogen-bond acceptors (Lipinski definition) is 6. The van der Waals surface area contributed by atoms with Crippen molar-refractivity contribution in [1.29, 1.82) is 0 Å². The molecule has 0 saturated carbocycles. The zero-order valence-electron chi connectivity index (χ0n) is 44.7. The fraction of sp³-hybridized carbons (Fsp3) is 0.917. The van der Waals surface area contributed by atoms with Crippen LogP contribution in [0.5, 0.6) is 0 Å². The molecule has 0 aromatic carbocycles. The molecule has 1 unspecified atom stereocenters. The second-order valence-corrected chi connectivity index (χ2v) is 20.3. The van der Waals surface area contributed by atoms with E-state index >= 15 is 0 Å². The Morgan fingerprint density at radius 1 is 0.288 bits per heavy atom. The highest BCUT2D eigenvalue weighted by Gasteiger charge is 2.19. The monoisotopic (exact) mass is 931 g/mol. The van der Waals surface area contributed by atoms with Crippen LogP contribution >= 0.6 is 0 Å². The Morgan fingerprint density at radius 3 is 0.758 bits per heavy atom. The van der Waals surface area contributed by atoms with E-state index in [-0.39, 0.29) is 31.1 Å². The largest absolute Gasteiger partial charge is 0.462 e. The second kappa shape index (κ2) is 55.7. The van der Waals surface area contributed by atoms with Crippen LogP contribution in [0.1, 0.15) is 335 Å². The number of ether oxygens (including phenoxy) is 3. The SMILES string of the molecule is CCCCCCCCCC/C=C\CCCCCCCCCCCCCCCC(=O)OCC(COC(=O)CCCCCCCC)OC(=O)CCCCCCCCCCCCCCCCCCC. The van der Waals surface area contributed by atoms with E-state index in [9.17, 15) is 14.4 Å². The third-order valence-corrected chi connectivity index (χ3v) is 13.5. The molecule has 0 N–H and O–H groups in total. The fourth-order valence-corrected chi connectivity index (χ4v) is 9.03. The molecule has 0 saturated heterocycles. The molecule has 0 bridgehead atoms. The molecular formula is C60H114O6. The van der Waals surface area contributed by atoms with Gasteiger partial charge in [-0.3, -0.25) is 14.4 Å². The lowest BCUT2D eigenvalue weighted by molar-refractivity contribution is -0.167. The molecule has 0 rings (SSSR count). The Hall–Kier alpha value is -1.85. The summed E-state index contributed by atoms with van der Waals surface area (Å²) in [5.74, 6) is -0.852. The maximum absolute atomic E-state index is 12.8. The molecule has 0 aliphatic heterocycles. The van der Waals surface area contributed by atoms with Gasteiger partial charge in [-0.15, -0.1) is 0 Å². The number of unbranched alkanes of at least 4 members (excludes halogenated alkanes) is 42. The molecular weight excluding hydrogens is 817 g/mol. The van der Waals surface area contributed by atoms with Gasteiger partial charge in [0.05, 0.1) is 0 Å². The van der Waals surface area contributed by atoms with Gasteiger partial charge in [0.2, 0.25) is 0 Å². The molecule has 6 heteroatoms. The van der Waals surface area contributed by atoms with E-state index in [0.29, 0.717) is 19.3 Å². The number of carbonyl (C=O) groups is 3. The summed E-state index contributed by atoms with van der Waals surface area (Å²) in [6.45, 7) is 6.64. The van der Waals surface area contributed by atoms with Gasteiger partial charge in [0.25, 0.3) is 0 Å². The summed E-state index contributed by atoms with van der Waals surface area (Å²) in [5, 5.41) is 0. The van der Waals surface area contributed by atoms with Crippen molar-refractivity contribution in [3.05, 3.63) is 12.2 Å². The molecule has 1 atom stereocenters. The molecule has 0 aliphatic rings. The summed E-state index contributed by atoms with van der Waals surface area (Å²) >= 11 is 0. The average molecular weight is 932 g/mol. The Balaban J connectivity index is 4.04. The van der Waals surface area contributed by atoms with Crippen molar-refractivity contribution < 1.29 is 28.6 Å². The van der Waals surface area contributed by atoms with E-state index < -0.39 is 6.10 Å². The predicted octanol–water partition coefficient (Wildman–Crippen LogP) is 19.7. The standard InChI is InChI=1S/C60H114O6/c1-4-7-10-13-16-18-20-22-24-26-27-28-29-30-31-32-33-35-36-38-40-42-44-47-50-53-59(62)65-56-57(55-64-58(61)52-49-46-15-12-9-6-3)66-60(63)54-51-48-45-43-41-39-37-34-25-23-21-19-17-14-11-8-5-2/h26-27,57H,4-25,28-56H2,1-3H3/b27-26-. The quantitative estimate of drug-likeness (QED) is 0.0262. The summed E-state index contributed by atoms with van der Waals surface area (Å²) in [4.78, 5) is 37.9. The van der Waals surface area contributed by atoms with Gasteiger partial charge in [0.15, 0.2) is 6.10 Å². The van der Waals surface area contributed by atoms with Gasteiger partial charge < -0.3 is 14.2 Å². The first-order valence-corrected chi connectivity index (χ1v) is 29.7. The van der Waals surface area contributed by atoms with Crippen LogP contribution in [-0.2, 0) is 28.6 Å². The third kappa shape index (κ3) is 53.1. The minimum atomic E-state index is -0.762. The fourth-order valence-electron chi connectivity index (χ4n) is 9.03. The van der Waals surface area contributed by atoms with Crippen LogP contribution in [0.15, 0.2) is 12.2 Å². The van der Waals surface area contributed by atoms with Crippen molar-refractivity contribution in [3.63, 3.8) is 0 Å². The van der Waals surface area contributed by atoms with Crippen LogP contribution in [0.2, 0.25) is 0 Å². The molecule has 390 valence electrons. The minimum Gasteiger partial charge on any atom is -0.462 e. The van der Waals surface area contributed by atoms with Gasteiger partial charge >= 0.3 is 17.9 Å². The summed E-state index contributed by atoms with van der Waals surface area (Å²) in [6.07, 6.45) is 63.9. The molecule has 0 spiro atoms. The Morgan fingerprint density at radius 2 is 0.500 bits per heavy atom. The topological polar surface area (TPSA) is 78.9 Å². The first-order chi connectivity index (χ1) is 32.5. The zero-order chi connectivity index (χ0) is 47.9. The van der Waals surface area contributed by atoms with Gasteiger partial charge in [-0.05, 0) is 44.9 Å². The highest BCUT2D eigenvalue weighted by molar-refractivity contribution is 5.71. The van der Waals surface area contributed by atoms with Crippen LogP contribution < -0.4 is 0 Å². The first-order valence-electron chi connectivity index (χ1n) is 29.7. The van der Waals surface area contributed by atoms with Gasteiger partial charge in [-0.25, -0.2) is 0 Å². The molecule has 0 radical (unpaired) electrons. The second-order valence-electron chi connectivity index (χ2n) is 20.3. The first kappa shape index (κ1) is 64.2. The van der Waals surface area contributed by atoms with Gasteiger partial charge in [-0.1, -0.05) is 283 Å². The van der Waals surface area contributed by atoms with E-state index in [2.05, 4.69) is 32.9 Å². The zero-order valence-corrected chi connectivity index (χ0v) is 44.7. The van der Waals surface area contributed by atoms with Crippen molar-refractivity contribution >= 4 is 17.9 Å². The lowest BCUT2D eigenvalue weighted by Gasteiger charge is -2.18. The van der Waals surface area contributed by atoms with Gasteiger partial charge in [-0.2, -0.15) is 0 Å². The molecule has 0 aromatic rings.